The minimum Gasteiger partial charge on any atom is -0.309 e. The maximum atomic E-state index is 9.77. The number of hydrogen-bond acceptors (Lipinski definition) is 4. The van der Waals surface area contributed by atoms with Crippen LogP contribution in [0.4, 0.5) is 0 Å². The van der Waals surface area contributed by atoms with Crippen molar-refractivity contribution >= 4 is 0 Å². The molecule has 2 rings (SSSR count). The summed E-state index contributed by atoms with van der Waals surface area (Å²) in [7, 11) is 4.32. The molecule has 1 unspecified atom stereocenters. The molecule has 0 aromatic rings. The molecule has 1 heterocycles. The number of rotatable bonds is 8. The molecule has 0 aromatic heterocycles. The number of nitriles is 1. The number of piperidine rings is 1. The van der Waals surface area contributed by atoms with E-state index < -0.39 is 0 Å². The SMILES string of the molecule is CCCNC(C#N)(CN1CCC(CN(C)C)CC1)C1CC1. The van der Waals surface area contributed by atoms with Crippen LogP contribution in [0.1, 0.15) is 39.0 Å². The third-order valence-corrected chi connectivity index (χ3v) is 4.97. The van der Waals surface area contributed by atoms with Crippen LogP contribution in [-0.2, 0) is 0 Å². The van der Waals surface area contributed by atoms with Crippen molar-refractivity contribution < 1.29 is 0 Å². The lowest BCUT2D eigenvalue weighted by Crippen LogP contribution is -2.56. The van der Waals surface area contributed by atoms with E-state index in [2.05, 4.69) is 42.2 Å². The Bertz CT molecular complexity index is 350. The highest BCUT2D eigenvalue weighted by molar-refractivity contribution is 5.16. The molecule has 1 atom stereocenters. The third-order valence-electron chi connectivity index (χ3n) is 4.97. The lowest BCUT2D eigenvalue weighted by molar-refractivity contribution is 0.130. The van der Waals surface area contributed by atoms with Gasteiger partial charge in [0.15, 0.2) is 0 Å². The zero-order valence-electron chi connectivity index (χ0n) is 14.1. The van der Waals surface area contributed by atoms with Crippen LogP contribution in [0.25, 0.3) is 0 Å². The highest BCUT2D eigenvalue weighted by Crippen LogP contribution is 2.40. The van der Waals surface area contributed by atoms with Crippen molar-refractivity contribution in [2.75, 3.05) is 46.8 Å². The Morgan fingerprint density at radius 3 is 2.38 bits per heavy atom. The Morgan fingerprint density at radius 2 is 1.90 bits per heavy atom. The first-order valence-corrected chi connectivity index (χ1v) is 8.63. The van der Waals surface area contributed by atoms with Crippen LogP contribution in [-0.4, -0.2) is 62.2 Å². The Labute approximate surface area is 130 Å². The van der Waals surface area contributed by atoms with Gasteiger partial charge >= 0.3 is 0 Å². The third kappa shape index (κ3) is 4.67. The van der Waals surface area contributed by atoms with Gasteiger partial charge in [0, 0.05) is 13.1 Å². The van der Waals surface area contributed by atoms with Gasteiger partial charge < -0.3 is 9.80 Å². The standard InChI is InChI=1S/C17H32N4/c1-4-9-19-17(13-18,16-5-6-16)14-21-10-7-15(8-11-21)12-20(2)3/h15-16,19H,4-12,14H2,1-3H3. The molecule has 21 heavy (non-hydrogen) atoms. The fourth-order valence-electron chi connectivity index (χ4n) is 3.62. The first-order valence-electron chi connectivity index (χ1n) is 8.63. The Balaban J connectivity index is 1.86. The number of hydrogen-bond donors (Lipinski definition) is 1. The summed E-state index contributed by atoms with van der Waals surface area (Å²) in [5.74, 6) is 1.41. The van der Waals surface area contributed by atoms with Crippen molar-refractivity contribution in [3.8, 4) is 6.07 Å². The van der Waals surface area contributed by atoms with Crippen molar-refractivity contribution in [3.05, 3.63) is 0 Å². The smallest absolute Gasteiger partial charge is 0.122 e. The molecular weight excluding hydrogens is 260 g/mol. The van der Waals surface area contributed by atoms with Crippen molar-refractivity contribution in [2.24, 2.45) is 11.8 Å². The molecule has 1 aliphatic heterocycles. The van der Waals surface area contributed by atoms with Crippen LogP contribution < -0.4 is 5.32 Å². The van der Waals surface area contributed by atoms with Crippen molar-refractivity contribution in [1.29, 1.82) is 5.26 Å². The van der Waals surface area contributed by atoms with Crippen LogP contribution in [0.15, 0.2) is 0 Å². The zero-order chi connectivity index (χ0) is 15.3. The van der Waals surface area contributed by atoms with E-state index in [1.165, 1.54) is 32.2 Å². The van der Waals surface area contributed by atoms with Gasteiger partial charge in [0.1, 0.15) is 5.54 Å². The van der Waals surface area contributed by atoms with Gasteiger partial charge in [0.2, 0.25) is 0 Å². The molecule has 4 heteroatoms. The molecule has 0 radical (unpaired) electrons. The second-order valence-corrected chi connectivity index (χ2v) is 7.27. The van der Waals surface area contributed by atoms with E-state index in [0.29, 0.717) is 5.92 Å². The van der Waals surface area contributed by atoms with Gasteiger partial charge in [-0.15, -0.1) is 0 Å². The van der Waals surface area contributed by atoms with E-state index in [4.69, 9.17) is 0 Å². The molecule has 1 N–H and O–H groups in total. The quantitative estimate of drug-likeness (QED) is 0.742. The van der Waals surface area contributed by atoms with Gasteiger partial charge in [-0.2, -0.15) is 5.26 Å². The molecule has 4 nitrogen and oxygen atoms in total. The molecule has 1 saturated heterocycles. The first-order chi connectivity index (χ1) is 10.1. The van der Waals surface area contributed by atoms with Crippen LogP contribution in [0, 0.1) is 23.2 Å². The molecule has 120 valence electrons. The highest BCUT2D eigenvalue weighted by Gasteiger charge is 2.46. The van der Waals surface area contributed by atoms with Crippen LogP contribution in [0.3, 0.4) is 0 Å². The molecule has 0 spiro atoms. The van der Waals surface area contributed by atoms with E-state index in [1.807, 2.05) is 0 Å². The van der Waals surface area contributed by atoms with E-state index in [0.717, 1.165) is 38.5 Å². The molecular formula is C17H32N4. The van der Waals surface area contributed by atoms with Gasteiger partial charge in [-0.05, 0) is 77.7 Å². The minimum atomic E-state index is -0.287. The van der Waals surface area contributed by atoms with Gasteiger partial charge in [0.05, 0.1) is 6.07 Å². The van der Waals surface area contributed by atoms with Gasteiger partial charge in [0.25, 0.3) is 0 Å². The fourth-order valence-corrected chi connectivity index (χ4v) is 3.62. The van der Waals surface area contributed by atoms with Crippen molar-refractivity contribution in [1.82, 2.24) is 15.1 Å². The summed E-state index contributed by atoms with van der Waals surface area (Å²) in [5, 5.41) is 13.3. The predicted molar refractivity (Wildman–Crippen MR) is 87.1 cm³/mol. The first kappa shape index (κ1) is 16.7. The van der Waals surface area contributed by atoms with Crippen LogP contribution in [0.5, 0.6) is 0 Å². The molecule has 0 aromatic carbocycles. The summed E-state index contributed by atoms with van der Waals surface area (Å²) in [6.07, 6.45) is 6.10. The van der Waals surface area contributed by atoms with Crippen LogP contribution >= 0.6 is 0 Å². The fraction of sp³-hybridized carbons (Fsp3) is 0.941. The highest BCUT2D eigenvalue weighted by atomic mass is 15.2. The Hall–Kier alpha value is -0.630. The van der Waals surface area contributed by atoms with Gasteiger partial charge in [-0.1, -0.05) is 6.92 Å². The molecule has 1 saturated carbocycles. The maximum Gasteiger partial charge on any atom is 0.122 e. The molecule has 2 aliphatic rings. The normalized spacial score (nSPS) is 24.0. The average molecular weight is 292 g/mol. The largest absolute Gasteiger partial charge is 0.309 e. The van der Waals surface area contributed by atoms with Crippen molar-refractivity contribution in [2.45, 2.75) is 44.6 Å². The summed E-state index contributed by atoms with van der Waals surface area (Å²) in [5.41, 5.74) is -0.287. The Morgan fingerprint density at radius 1 is 1.24 bits per heavy atom. The Kier molecular flexibility index (Phi) is 6.04. The number of likely N-dealkylation sites (tertiary alicyclic amines) is 1. The minimum absolute atomic E-state index is 0.287. The summed E-state index contributed by atoms with van der Waals surface area (Å²) >= 11 is 0. The van der Waals surface area contributed by atoms with E-state index >= 15 is 0 Å². The second-order valence-electron chi connectivity index (χ2n) is 7.27. The average Bonchev–Trinajstić information content (AvgIpc) is 3.30. The maximum absolute atomic E-state index is 9.77. The monoisotopic (exact) mass is 292 g/mol. The predicted octanol–water partition coefficient (Wildman–Crippen LogP) is 1.93. The van der Waals surface area contributed by atoms with Crippen molar-refractivity contribution in [3.63, 3.8) is 0 Å². The summed E-state index contributed by atoms with van der Waals surface area (Å²) < 4.78 is 0. The van der Waals surface area contributed by atoms with Gasteiger partial charge in [-0.25, -0.2) is 0 Å². The zero-order valence-corrected chi connectivity index (χ0v) is 14.1. The summed E-state index contributed by atoms with van der Waals surface area (Å²) in [4.78, 5) is 4.82. The second kappa shape index (κ2) is 7.58. The molecule has 0 bridgehead atoms. The van der Waals surface area contributed by atoms with E-state index in [-0.39, 0.29) is 5.54 Å². The van der Waals surface area contributed by atoms with Gasteiger partial charge in [-0.3, -0.25) is 5.32 Å². The molecule has 2 fully saturated rings. The van der Waals surface area contributed by atoms with Crippen LogP contribution in [0.2, 0.25) is 0 Å². The topological polar surface area (TPSA) is 42.3 Å². The molecule has 1 aliphatic carbocycles. The molecule has 0 amide bonds. The lowest BCUT2D eigenvalue weighted by Gasteiger charge is -2.38. The lowest BCUT2D eigenvalue weighted by atomic mass is 9.90. The van der Waals surface area contributed by atoms with E-state index in [9.17, 15) is 5.26 Å². The summed E-state index contributed by atoms with van der Waals surface area (Å²) in [6, 6.07) is 2.64. The number of nitrogens with zero attached hydrogens (tertiary/aromatic N) is 3. The summed E-state index contributed by atoms with van der Waals surface area (Å²) in [6.45, 7) is 7.57. The van der Waals surface area contributed by atoms with E-state index in [1.54, 1.807) is 0 Å². The number of nitrogens with one attached hydrogen (secondary N) is 1.